The minimum absolute atomic E-state index is 0.115. The van der Waals surface area contributed by atoms with Crippen LogP contribution in [0.3, 0.4) is 0 Å². The van der Waals surface area contributed by atoms with Crippen LogP contribution in [0.25, 0.3) is 0 Å². The molecule has 1 aliphatic heterocycles. The third-order valence-electron chi connectivity index (χ3n) is 3.48. The van der Waals surface area contributed by atoms with Gasteiger partial charge in [0.1, 0.15) is 6.61 Å². The molecule has 98 valence electrons. The van der Waals surface area contributed by atoms with Gasteiger partial charge < -0.3 is 14.9 Å². The summed E-state index contributed by atoms with van der Waals surface area (Å²) in [5.74, 6) is -0.173. The van der Waals surface area contributed by atoms with Crippen LogP contribution in [-0.2, 0) is 4.79 Å². The number of amides is 1. The molecule has 0 aliphatic carbocycles. The lowest BCUT2D eigenvalue weighted by Crippen LogP contribution is -2.32. The topological polar surface area (TPSA) is 43.8 Å². The molecule has 0 bridgehead atoms. The first kappa shape index (κ1) is 12.9. The molecule has 4 heteroatoms. The molecule has 1 unspecified atom stereocenters. The van der Waals surface area contributed by atoms with Gasteiger partial charge in [0.05, 0.1) is 6.04 Å². The van der Waals surface area contributed by atoms with Crippen molar-refractivity contribution in [3.05, 3.63) is 29.8 Å². The SMILES string of the molecule is CN(C)c1cccc(C2CCCN2C(=O)CO)c1. The molecule has 0 saturated carbocycles. The van der Waals surface area contributed by atoms with Gasteiger partial charge in [-0.25, -0.2) is 0 Å². The van der Waals surface area contributed by atoms with Crippen LogP contribution in [-0.4, -0.2) is 43.2 Å². The van der Waals surface area contributed by atoms with Gasteiger partial charge in [0.2, 0.25) is 5.91 Å². The fraction of sp³-hybridized carbons (Fsp3) is 0.500. The lowest BCUT2D eigenvalue weighted by atomic mass is 10.0. The molecule has 1 aliphatic rings. The molecule has 0 spiro atoms. The third kappa shape index (κ3) is 2.48. The minimum Gasteiger partial charge on any atom is -0.387 e. The van der Waals surface area contributed by atoms with Gasteiger partial charge in [0.25, 0.3) is 0 Å². The van der Waals surface area contributed by atoms with E-state index in [1.807, 2.05) is 20.2 Å². The largest absolute Gasteiger partial charge is 0.387 e. The lowest BCUT2D eigenvalue weighted by Gasteiger charge is -2.25. The van der Waals surface area contributed by atoms with E-state index < -0.39 is 6.61 Å². The molecule has 0 radical (unpaired) electrons. The summed E-state index contributed by atoms with van der Waals surface area (Å²) in [7, 11) is 4.01. The van der Waals surface area contributed by atoms with Gasteiger partial charge in [-0.1, -0.05) is 12.1 Å². The van der Waals surface area contributed by atoms with E-state index in [1.54, 1.807) is 4.90 Å². The van der Waals surface area contributed by atoms with Crippen molar-refractivity contribution in [2.75, 3.05) is 32.1 Å². The van der Waals surface area contributed by atoms with Gasteiger partial charge in [-0.05, 0) is 30.5 Å². The van der Waals surface area contributed by atoms with Crippen molar-refractivity contribution in [3.63, 3.8) is 0 Å². The van der Waals surface area contributed by atoms with Crippen LogP contribution >= 0.6 is 0 Å². The zero-order valence-corrected chi connectivity index (χ0v) is 11.0. The molecule has 1 fully saturated rings. The maximum Gasteiger partial charge on any atom is 0.248 e. The maximum absolute atomic E-state index is 11.7. The quantitative estimate of drug-likeness (QED) is 0.879. The second kappa shape index (κ2) is 5.40. The van der Waals surface area contributed by atoms with Crippen LogP contribution in [0.5, 0.6) is 0 Å². The third-order valence-corrected chi connectivity index (χ3v) is 3.48. The van der Waals surface area contributed by atoms with Gasteiger partial charge in [0, 0.05) is 26.3 Å². The van der Waals surface area contributed by atoms with Crippen LogP contribution in [0.15, 0.2) is 24.3 Å². The fourth-order valence-corrected chi connectivity index (χ4v) is 2.51. The summed E-state index contributed by atoms with van der Waals surface area (Å²) in [5, 5.41) is 9.00. The Bertz CT molecular complexity index is 432. The summed E-state index contributed by atoms with van der Waals surface area (Å²) in [6, 6.07) is 8.36. The molecule has 2 rings (SSSR count). The molecule has 1 aromatic rings. The molecule has 1 saturated heterocycles. The predicted octanol–water partition coefficient (Wildman–Crippen LogP) is 1.41. The van der Waals surface area contributed by atoms with Gasteiger partial charge >= 0.3 is 0 Å². The molecular formula is C14H20N2O2. The smallest absolute Gasteiger partial charge is 0.248 e. The molecule has 18 heavy (non-hydrogen) atoms. The summed E-state index contributed by atoms with van der Waals surface area (Å²) in [6.45, 7) is 0.347. The van der Waals surface area contributed by atoms with Crippen LogP contribution in [0.4, 0.5) is 5.69 Å². The Kier molecular flexibility index (Phi) is 3.87. The number of hydrogen-bond acceptors (Lipinski definition) is 3. The standard InChI is InChI=1S/C14H20N2O2/c1-15(2)12-6-3-5-11(9-12)13-7-4-8-16(13)14(18)10-17/h3,5-6,9,13,17H,4,7-8,10H2,1-2H3. The normalized spacial score (nSPS) is 19.1. The highest BCUT2D eigenvalue weighted by molar-refractivity contribution is 5.78. The Labute approximate surface area is 108 Å². The highest BCUT2D eigenvalue weighted by Crippen LogP contribution is 2.33. The van der Waals surface area contributed by atoms with Crippen LogP contribution < -0.4 is 4.90 Å². The number of benzene rings is 1. The highest BCUT2D eigenvalue weighted by Gasteiger charge is 2.29. The van der Waals surface area contributed by atoms with Gasteiger partial charge in [-0.15, -0.1) is 0 Å². The van der Waals surface area contributed by atoms with E-state index in [2.05, 4.69) is 23.1 Å². The average Bonchev–Trinajstić information content (AvgIpc) is 2.87. The first-order chi connectivity index (χ1) is 8.63. The lowest BCUT2D eigenvalue weighted by molar-refractivity contribution is -0.135. The van der Waals surface area contributed by atoms with Crippen molar-refractivity contribution in [1.82, 2.24) is 4.90 Å². The first-order valence-corrected chi connectivity index (χ1v) is 6.31. The van der Waals surface area contributed by atoms with E-state index in [9.17, 15) is 4.79 Å². The molecule has 4 nitrogen and oxygen atoms in total. The summed E-state index contributed by atoms with van der Waals surface area (Å²) < 4.78 is 0. The monoisotopic (exact) mass is 248 g/mol. The number of aliphatic hydroxyl groups is 1. The van der Waals surface area contributed by atoms with Crippen LogP contribution in [0.1, 0.15) is 24.4 Å². The predicted molar refractivity (Wildman–Crippen MR) is 71.5 cm³/mol. The van der Waals surface area contributed by atoms with E-state index in [1.165, 1.54) is 0 Å². The molecule has 1 heterocycles. The Hall–Kier alpha value is -1.55. The van der Waals surface area contributed by atoms with Crippen molar-refractivity contribution >= 4 is 11.6 Å². The zero-order chi connectivity index (χ0) is 13.1. The van der Waals surface area contributed by atoms with E-state index in [0.29, 0.717) is 0 Å². The van der Waals surface area contributed by atoms with Gasteiger partial charge in [-0.3, -0.25) is 4.79 Å². The molecule has 1 amide bonds. The van der Waals surface area contributed by atoms with E-state index >= 15 is 0 Å². The number of carbonyl (C=O) groups excluding carboxylic acids is 1. The summed E-state index contributed by atoms with van der Waals surface area (Å²) in [4.78, 5) is 15.5. The van der Waals surface area contributed by atoms with E-state index in [0.717, 1.165) is 30.6 Å². The average molecular weight is 248 g/mol. The van der Waals surface area contributed by atoms with Gasteiger partial charge in [0.15, 0.2) is 0 Å². The molecule has 1 aromatic carbocycles. The van der Waals surface area contributed by atoms with Crippen LogP contribution in [0, 0.1) is 0 Å². The number of aliphatic hydroxyl groups excluding tert-OH is 1. The molecule has 0 aromatic heterocycles. The van der Waals surface area contributed by atoms with Crippen molar-refractivity contribution in [2.24, 2.45) is 0 Å². The Morgan fingerprint density at radius 2 is 2.28 bits per heavy atom. The first-order valence-electron chi connectivity index (χ1n) is 6.31. The molecule has 1 atom stereocenters. The number of anilines is 1. The number of likely N-dealkylation sites (tertiary alicyclic amines) is 1. The van der Waals surface area contributed by atoms with Crippen molar-refractivity contribution in [1.29, 1.82) is 0 Å². The van der Waals surface area contributed by atoms with E-state index in [4.69, 9.17) is 5.11 Å². The Morgan fingerprint density at radius 3 is 2.94 bits per heavy atom. The zero-order valence-electron chi connectivity index (χ0n) is 11.0. The van der Waals surface area contributed by atoms with E-state index in [-0.39, 0.29) is 11.9 Å². The number of nitrogens with zero attached hydrogens (tertiary/aromatic N) is 2. The molecular weight excluding hydrogens is 228 g/mol. The van der Waals surface area contributed by atoms with Crippen LogP contribution in [0.2, 0.25) is 0 Å². The molecule has 1 N–H and O–H groups in total. The Balaban J connectivity index is 2.24. The van der Waals surface area contributed by atoms with Crippen molar-refractivity contribution in [3.8, 4) is 0 Å². The number of hydrogen-bond donors (Lipinski definition) is 1. The second-order valence-corrected chi connectivity index (χ2v) is 4.89. The van der Waals surface area contributed by atoms with Crippen molar-refractivity contribution in [2.45, 2.75) is 18.9 Å². The number of rotatable bonds is 3. The summed E-state index contributed by atoms with van der Waals surface area (Å²) >= 11 is 0. The maximum atomic E-state index is 11.7. The van der Waals surface area contributed by atoms with Gasteiger partial charge in [-0.2, -0.15) is 0 Å². The minimum atomic E-state index is -0.399. The Morgan fingerprint density at radius 1 is 1.50 bits per heavy atom. The summed E-state index contributed by atoms with van der Waals surface area (Å²) in [5.41, 5.74) is 2.29. The number of carbonyl (C=O) groups is 1. The summed E-state index contributed by atoms with van der Waals surface area (Å²) in [6.07, 6.45) is 1.98. The van der Waals surface area contributed by atoms with Crippen molar-refractivity contribution < 1.29 is 9.90 Å². The second-order valence-electron chi connectivity index (χ2n) is 4.89. The highest BCUT2D eigenvalue weighted by atomic mass is 16.3. The fourth-order valence-electron chi connectivity index (χ4n) is 2.51.